The van der Waals surface area contributed by atoms with Gasteiger partial charge in [0, 0.05) is 18.4 Å². The van der Waals surface area contributed by atoms with Gasteiger partial charge in [0.1, 0.15) is 5.75 Å². The Morgan fingerprint density at radius 2 is 2.12 bits per heavy atom. The van der Waals surface area contributed by atoms with Crippen molar-refractivity contribution < 1.29 is 13.7 Å². The maximum Gasteiger partial charge on any atom is 0.137 e. The summed E-state index contributed by atoms with van der Waals surface area (Å²) in [7, 11) is 0.433. The largest absolute Gasteiger partial charge is 0.495 e. The van der Waals surface area contributed by atoms with Crippen LogP contribution in [0.3, 0.4) is 0 Å². The Hall–Kier alpha value is -1.07. The van der Waals surface area contributed by atoms with Crippen LogP contribution in [-0.4, -0.2) is 30.3 Å². The Kier molecular flexibility index (Phi) is 6.00. The Bertz CT molecular complexity index is 382. The van der Waals surface area contributed by atoms with Crippen LogP contribution in [0, 0.1) is 0 Å². The quantitative estimate of drug-likeness (QED) is 0.598. The van der Waals surface area contributed by atoms with Gasteiger partial charge in [-0.3, -0.25) is 4.21 Å². The molecule has 0 saturated carbocycles. The number of benzene rings is 1. The first kappa shape index (κ1) is 14.0. The lowest BCUT2D eigenvalue weighted by Crippen LogP contribution is -2.08. The van der Waals surface area contributed by atoms with Crippen molar-refractivity contribution in [1.29, 1.82) is 0 Å². The van der Waals surface area contributed by atoms with E-state index in [9.17, 15) is 4.21 Å². The molecule has 0 radical (unpaired) electrons. The van der Waals surface area contributed by atoms with Gasteiger partial charge in [-0.25, -0.2) is 0 Å². The molecular weight excluding hydrogens is 238 g/mol. The molecule has 0 heterocycles. The van der Waals surface area contributed by atoms with E-state index in [2.05, 4.69) is 0 Å². The molecule has 17 heavy (non-hydrogen) atoms. The van der Waals surface area contributed by atoms with Crippen LogP contribution < -0.4 is 10.5 Å². The predicted molar refractivity (Wildman–Crippen MR) is 69.8 cm³/mol. The summed E-state index contributed by atoms with van der Waals surface area (Å²) in [6.45, 7) is 3.24. The minimum Gasteiger partial charge on any atom is -0.495 e. The summed E-state index contributed by atoms with van der Waals surface area (Å²) >= 11 is 0. The van der Waals surface area contributed by atoms with Gasteiger partial charge in [-0.1, -0.05) is 6.92 Å². The zero-order valence-electron chi connectivity index (χ0n) is 10.3. The van der Waals surface area contributed by atoms with Crippen LogP contribution in [0.4, 0.5) is 5.69 Å². The third kappa shape index (κ3) is 4.36. The standard InChI is InChI=1S/C12H19NO3S/c1-3-6-16-7-8-17(14)12-5-4-10(13)9-11(12)15-2/h4-5,9H,3,6-8,13H2,1-2H3. The van der Waals surface area contributed by atoms with Crippen LogP contribution in [0.2, 0.25) is 0 Å². The maximum absolute atomic E-state index is 12.0. The Labute approximate surface area is 105 Å². The number of methoxy groups -OCH3 is 1. The highest BCUT2D eigenvalue weighted by atomic mass is 32.2. The summed E-state index contributed by atoms with van der Waals surface area (Å²) in [5.41, 5.74) is 6.24. The van der Waals surface area contributed by atoms with Crippen molar-refractivity contribution in [1.82, 2.24) is 0 Å². The number of hydrogen-bond donors (Lipinski definition) is 1. The summed E-state index contributed by atoms with van der Waals surface area (Å²) in [6, 6.07) is 5.15. The zero-order valence-corrected chi connectivity index (χ0v) is 11.1. The van der Waals surface area contributed by atoms with Crippen molar-refractivity contribution in [3.63, 3.8) is 0 Å². The molecule has 1 atom stereocenters. The second kappa shape index (κ2) is 7.29. The molecular formula is C12H19NO3S. The van der Waals surface area contributed by atoms with Crippen LogP contribution in [0.15, 0.2) is 23.1 Å². The van der Waals surface area contributed by atoms with Gasteiger partial charge < -0.3 is 15.2 Å². The highest BCUT2D eigenvalue weighted by Gasteiger charge is 2.10. The molecule has 96 valence electrons. The van der Waals surface area contributed by atoms with E-state index in [0.29, 0.717) is 35.3 Å². The van der Waals surface area contributed by atoms with E-state index in [1.807, 2.05) is 6.92 Å². The van der Waals surface area contributed by atoms with Crippen molar-refractivity contribution in [2.24, 2.45) is 0 Å². The molecule has 4 nitrogen and oxygen atoms in total. The molecule has 1 rings (SSSR count). The number of anilines is 1. The number of hydrogen-bond acceptors (Lipinski definition) is 4. The molecule has 2 N–H and O–H groups in total. The van der Waals surface area contributed by atoms with E-state index in [1.54, 1.807) is 25.3 Å². The van der Waals surface area contributed by atoms with E-state index in [0.717, 1.165) is 6.42 Å². The lowest BCUT2D eigenvalue weighted by atomic mass is 10.3. The highest BCUT2D eigenvalue weighted by Crippen LogP contribution is 2.24. The lowest BCUT2D eigenvalue weighted by molar-refractivity contribution is 0.150. The normalized spacial score (nSPS) is 12.4. The fraction of sp³-hybridized carbons (Fsp3) is 0.500. The van der Waals surface area contributed by atoms with Crippen molar-refractivity contribution in [2.75, 3.05) is 31.8 Å². The monoisotopic (exact) mass is 257 g/mol. The molecule has 1 unspecified atom stereocenters. The third-order valence-corrected chi connectivity index (χ3v) is 3.56. The van der Waals surface area contributed by atoms with Crippen molar-refractivity contribution in [2.45, 2.75) is 18.2 Å². The molecule has 0 aliphatic carbocycles. The predicted octanol–water partition coefficient (Wildman–Crippen LogP) is 1.81. The van der Waals surface area contributed by atoms with Gasteiger partial charge in [0.2, 0.25) is 0 Å². The molecule has 0 fully saturated rings. The maximum atomic E-state index is 12.0. The van der Waals surface area contributed by atoms with Crippen molar-refractivity contribution in [3.05, 3.63) is 18.2 Å². The van der Waals surface area contributed by atoms with Crippen molar-refractivity contribution in [3.8, 4) is 5.75 Å². The molecule has 0 spiro atoms. The average molecular weight is 257 g/mol. The second-order valence-electron chi connectivity index (χ2n) is 3.57. The van der Waals surface area contributed by atoms with Crippen LogP contribution in [0.25, 0.3) is 0 Å². The van der Waals surface area contributed by atoms with Gasteiger partial charge in [0.05, 0.1) is 35.2 Å². The van der Waals surface area contributed by atoms with E-state index < -0.39 is 10.8 Å². The van der Waals surface area contributed by atoms with Crippen LogP contribution in [0.1, 0.15) is 13.3 Å². The van der Waals surface area contributed by atoms with E-state index in [1.165, 1.54) is 0 Å². The van der Waals surface area contributed by atoms with Gasteiger partial charge in [0.25, 0.3) is 0 Å². The smallest absolute Gasteiger partial charge is 0.137 e. The van der Waals surface area contributed by atoms with Crippen LogP contribution in [-0.2, 0) is 15.5 Å². The van der Waals surface area contributed by atoms with Crippen molar-refractivity contribution >= 4 is 16.5 Å². The van der Waals surface area contributed by atoms with Gasteiger partial charge in [-0.05, 0) is 18.6 Å². The molecule has 0 amide bonds. The zero-order chi connectivity index (χ0) is 12.7. The Morgan fingerprint density at radius 3 is 2.76 bits per heavy atom. The first-order valence-electron chi connectivity index (χ1n) is 5.58. The lowest BCUT2D eigenvalue weighted by Gasteiger charge is -2.09. The molecule has 0 aliphatic rings. The van der Waals surface area contributed by atoms with E-state index in [4.69, 9.17) is 15.2 Å². The molecule has 0 bridgehead atoms. The summed E-state index contributed by atoms with van der Waals surface area (Å²) in [5.74, 6) is 1.04. The summed E-state index contributed by atoms with van der Waals surface area (Å²) in [5, 5.41) is 0. The summed E-state index contributed by atoms with van der Waals surface area (Å²) < 4.78 is 22.5. The number of nitrogen functional groups attached to an aromatic ring is 1. The SMILES string of the molecule is CCCOCCS(=O)c1ccc(N)cc1OC. The van der Waals surface area contributed by atoms with Gasteiger partial charge >= 0.3 is 0 Å². The van der Waals surface area contributed by atoms with Crippen LogP contribution >= 0.6 is 0 Å². The average Bonchev–Trinajstić information content (AvgIpc) is 2.34. The topological polar surface area (TPSA) is 61.5 Å². The molecule has 0 aliphatic heterocycles. The highest BCUT2D eigenvalue weighted by molar-refractivity contribution is 7.85. The molecule has 1 aromatic carbocycles. The molecule has 0 aromatic heterocycles. The van der Waals surface area contributed by atoms with Gasteiger partial charge in [-0.15, -0.1) is 0 Å². The fourth-order valence-corrected chi connectivity index (χ4v) is 2.44. The number of rotatable bonds is 7. The minimum atomic E-state index is -1.11. The van der Waals surface area contributed by atoms with E-state index >= 15 is 0 Å². The van der Waals surface area contributed by atoms with Gasteiger partial charge in [-0.2, -0.15) is 0 Å². The number of ether oxygens (including phenoxy) is 2. The molecule has 0 saturated heterocycles. The minimum absolute atomic E-state index is 0.472. The molecule has 1 aromatic rings. The summed E-state index contributed by atoms with van der Waals surface area (Å²) in [6.07, 6.45) is 0.970. The first-order chi connectivity index (χ1) is 8.19. The molecule has 5 heteroatoms. The Morgan fingerprint density at radius 1 is 1.35 bits per heavy atom. The Balaban J connectivity index is 2.62. The third-order valence-electron chi connectivity index (χ3n) is 2.19. The van der Waals surface area contributed by atoms with Gasteiger partial charge in [0.15, 0.2) is 0 Å². The van der Waals surface area contributed by atoms with Crippen LogP contribution in [0.5, 0.6) is 5.75 Å². The fourth-order valence-electron chi connectivity index (χ4n) is 1.36. The number of nitrogens with two attached hydrogens (primary N) is 1. The summed E-state index contributed by atoms with van der Waals surface area (Å²) in [4.78, 5) is 0.668. The van der Waals surface area contributed by atoms with E-state index in [-0.39, 0.29) is 0 Å². The second-order valence-corrected chi connectivity index (χ2v) is 5.11. The first-order valence-corrected chi connectivity index (χ1v) is 6.90.